The highest BCUT2D eigenvalue weighted by molar-refractivity contribution is 9.10. The molecule has 0 saturated heterocycles. The van der Waals surface area contributed by atoms with Crippen molar-refractivity contribution >= 4 is 15.9 Å². The third-order valence-corrected chi connectivity index (χ3v) is 3.57. The number of tetrazole rings is 1. The third kappa shape index (κ3) is 1.65. The van der Waals surface area contributed by atoms with E-state index in [1.807, 2.05) is 4.68 Å². The lowest BCUT2D eigenvalue weighted by Crippen LogP contribution is -2.17. The second kappa shape index (κ2) is 3.97. The van der Waals surface area contributed by atoms with Gasteiger partial charge < -0.3 is 0 Å². The Kier molecular flexibility index (Phi) is 2.47. The Bertz CT molecular complexity index is 495. The Balaban J connectivity index is 2.08. The third-order valence-electron chi connectivity index (χ3n) is 3.07. The number of benzene rings is 1. The van der Waals surface area contributed by atoms with Gasteiger partial charge in [-0.25, -0.2) is 4.68 Å². The van der Waals surface area contributed by atoms with E-state index >= 15 is 0 Å². The first-order valence-corrected chi connectivity index (χ1v) is 6.15. The number of hydrogen-bond acceptors (Lipinski definition) is 3. The summed E-state index contributed by atoms with van der Waals surface area (Å²) in [7, 11) is 0. The van der Waals surface area contributed by atoms with Crippen molar-refractivity contribution in [3.05, 3.63) is 40.1 Å². The standard InChI is InChI=1S/C11H11BrN4/c12-9-5-4-8-2-1-3-11(10(8)6-9)16-7-13-14-15-16/h4-7,11H,1-3H2. The molecule has 0 aliphatic heterocycles. The van der Waals surface area contributed by atoms with Gasteiger partial charge in [-0.1, -0.05) is 22.0 Å². The van der Waals surface area contributed by atoms with Gasteiger partial charge >= 0.3 is 0 Å². The van der Waals surface area contributed by atoms with E-state index in [0.29, 0.717) is 0 Å². The van der Waals surface area contributed by atoms with Crippen molar-refractivity contribution in [2.45, 2.75) is 25.3 Å². The molecule has 1 atom stereocenters. The Hall–Kier alpha value is -1.23. The monoisotopic (exact) mass is 278 g/mol. The molecule has 0 bridgehead atoms. The summed E-state index contributed by atoms with van der Waals surface area (Å²) in [5.41, 5.74) is 2.75. The molecule has 0 saturated carbocycles. The fraction of sp³-hybridized carbons (Fsp3) is 0.364. The highest BCUT2D eigenvalue weighted by Crippen LogP contribution is 2.33. The van der Waals surface area contributed by atoms with E-state index in [-0.39, 0.29) is 6.04 Å². The van der Waals surface area contributed by atoms with E-state index in [9.17, 15) is 0 Å². The van der Waals surface area contributed by atoms with Crippen LogP contribution in [0.4, 0.5) is 0 Å². The molecule has 16 heavy (non-hydrogen) atoms. The van der Waals surface area contributed by atoms with Gasteiger partial charge in [-0.15, -0.1) is 5.10 Å². The average Bonchev–Trinajstić information content (AvgIpc) is 2.81. The largest absolute Gasteiger partial charge is 0.225 e. The van der Waals surface area contributed by atoms with Crippen LogP contribution in [0.2, 0.25) is 0 Å². The summed E-state index contributed by atoms with van der Waals surface area (Å²) >= 11 is 3.52. The van der Waals surface area contributed by atoms with Crippen molar-refractivity contribution < 1.29 is 0 Å². The van der Waals surface area contributed by atoms with E-state index in [4.69, 9.17) is 0 Å². The van der Waals surface area contributed by atoms with Crippen LogP contribution in [-0.4, -0.2) is 20.2 Å². The Morgan fingerprint density at radius 2 is 2.31 bits per heavy atom. The number of hydrogen-bond donors (Lipinski definition) is 0. The van der Waals surface area contributed by atoms with Gasteiger partial charge in [0.25, 0.3) is 0 Å². The number of aromatic nitrogens is 4. The van der Waals surface area contributed by atoms with Crippen LogP contribution in [0.5, 0.6) is 0 Å². The second-order valence-corrected chi connectivity index (χ2v) is 4.96. The lowest BCUT2D eigenvalue weighted by Gasteiger charge is -2.25. The minimum Gasteiger partial charge on any atom is -0.225 e. The van der Waals surface area contributed by atoms with Crippen molar-refractivity contribution in [2.24, 2.45) is 0 Å². The average molecular weight is 279 g/mol. The Morgan fingerprint density at radius 3 is 3.12 bits per heavy atom. The summed E-state index contributed by atoms with van der Waals surface area (Å²) < 4.78 is 2.97. The highest BCUT2D eigenvalue weighted by Gasteiger charge is 2.22. The van der Waals surface area contributed by atoms with Gasteiger partial charge in [0.15, 0.2) is 0 Å². The molecule has 0 radical (unpaired) electrons. The molecule has 0 spiro atoms. The topological polar surface area (TPSA) is 43.6 Å². The van der Waals surface area contributed by atoms with Crippen LogP contribution in [0, 0.1) is 0 Å². The number of rotatable bonds is 1. The fourth-order valence-electron chi connectivity index (χ4n) is 2.33. The van der Waals surface area contributed by atoms with Crippen LogP contribution in [0.15, 0.2) is 29.0 Å². The molecular formula is C11H11BrN4. The summed E-state index contributed by atoms with van der Waals surface area (Å²) in [6, 6.07) is 6.76. The quantitative estimate of drug-likeness (QED) is 0.804. The highest BCUT2D eigenvalue weighted by atomic mass is 79.9. The van der Waals surface area contributed by atoms with Crippen molar-refractivity contribution in [2.75, 3.05) is 0 Å². The van der Waals surface area contributed by atoms with E-state index in [1.54, 1.807) is 6.33 Å². The van der Waals surface area contributed by atoms with Crippen molar-refractivity contribution in [1.82, 2.24) is 20.2 Å². The summed E-state index contributed by atoms with van der Waals surface area (Å²) in [5, 5.41) is 11.4. The molecular weight excluding hydrogens is 268 g/mol. The minimum absolute atomic E-state index is 0.288. The van der Waals surface area contributed by atoms with Gasteiger partial charge in [-0.3, -0.25) is 0 Å². The van der Waals surface area contributed by atoms with Gasteiger partial charge in [-0.2, -0.15) is 0 Å². The lowest BCUT2D eigenvalue weighted by atomic mass is 9.88. The van der Waals surface area contributed by atoms with Gasteiger partial charge in [-0.05, 0) is 52.9 Å². The van der Waals surface area contributed by atoms with E-state index in [2.05, 4.69) is 49.7 Å². The van der Waals surface area contributed by atoms with Gasteiger partial charge in [0.1, 0.15) is 6.33 Å². The zero-order chi connectivity index (χ0) is 11.0. The molecule has 1 heterocycles. The first-order chi connectivity index (χ1) is 7.84. The number of fused-ring (bicyclic) bond motifs is 1. The van der Waals surface area contributed by atoms with E-state index in [0.717, 1.165) is 17.3 Å². The van der Waals surface area contributed by atoms with Gasteiger partial charge in [0, 0.05) is 4.47 Å². The minimum atomic E-state index is 0.288. The Labute approximate surface area is 102 Å². The molecule has 0 N–H and O–H groups in total. The lowest BCUT2D eigenvalue weighted by molar-refractivity contribution is 0.440. The van der Waals surface area contributed by atoms with Crippen LogP contribution in [-0.2, 0) is 6.42 Å². The molecule has 4 nitrogen and oxygen atoms in total. The molecule has 1 aliphatic rings. The van der Waals surface area contributed by atoms with Crippen LogP contribution >= 0.6 is 15.9 Å². The van der Waals surface area contributed by atoms with Crippen molar-refractivity contribution in [3.8, 4) is 0 Å². The van der Waals surface area contributed by atoms with Gasteiger partial charge in [0.2, 0.25) is 0 Å². The second-order valence-electron chi connectivity index (χ2n) is 4.04. The maximum absolute atomic E-state index is 4.01. The molecule has 1 aliphatic carbocycles. The summed E-state index contributed by atoms with van der Waals surface area (Å²) in [5.74, 6) is 0. The maximum Gasteiger partial charge on any atom is 0.138 e. The molecule has 1 aromatic heterocycles. The van der Waals surface area contributed by atoms with Crippen molar-refractivity contribution in [1.29, 1.82) is 0 Å². The predicted molar refractivity (Wildman–Crippen MR) is 63.0 cm³/mol. The molecule has 5 heteroatoms. The van der Waals surface area contributed by atoms with Crippen LogP contribution in [0.25, 0.3) is 0 Å². The summed E-state index contributed by atoms with van der Waals surface area (Å²) in [6.45, 7) is 0. The molecule has 2 aromatic rings. The molecule has 0 fully saturated rings. The van der Waals surface area contributed by atoms with Crippen LogP contribution in [0.1, 0.15) is 30.0 Å². The first-order valence-electron chi connectivity index (χ1n) is 5.35. The SMILES string of the molecule is Brc1ccc2c(c1)C(n1cnnn1)CCC2. The maximum atomic E-state index is 4.01. The van der Waals surface area contributed by atoms with E-state index < -0.39 is 0 Å². The molecule has 1 unspecified atom stereocenters. The van der Waals surface area contributed by atoms with Crippen LogP contribution in [0.3, 0.4) is 0 Å². The van der Waals surface area contributed by atoms with Crippen molar-refractivity contribution in [3.63, 3.8) is 0 Å². The zero-order valence-corrected chi connectivity index (χ0v) is 10.3. The number of nitrogens with zero attached hydrogens (tertiary/aromatic N) is 4. The zero-order valence-electron chi connectivity index (χ0n) is 8.67. The van der Waals surface area contributed by atoms with Gasteiger partial charge in [0.05, 0.1) is 6.04 Å². The first kappa shape index (κ1) is 9.96. The summed E-state index contributed by atoms with van der Waals surface area (Å²) in [6.07, 6.45) is 5.15. The molecule has 82 valence electrons. The molecule has 1 aromatic carbocycles. The number of aryl methyl sites for hydroxylation is 1. The van der Waals surface area contributed by atoms with Crippen LogP contribution < -0.4 is 0 Å². The predicted octanol–water partition coefficient (Wildman–Crippen LogP) is 2.36. The smallest absolute Gasteiger partial charge is 0.138 e. The number of halogens is 1. The van der Waals surface area contributed by atoms with E-state index in [1.165, 1.54) is 17.5 Å². The summed E-state index contributed by atoms with van der Waals surface area (Å²) in [4.78, 5) is 0. The fourth-order valence-corrected chi connectivity index (χ4v) is 2.71. The molecule has 0 amide bonds. The normalized spacial score (nSPS) is 19.4. The molecule has 3 rings (SSSR count). The Morgan fingerprint density at radius 1 is 1.38 bits per heavy atom.